The van der Waals surface area contributed by atoms with Crippen LogP contribution in [0.5, 0.6) is 0 Å². The number of hydrogen-bond acceptors (Lipinski definition) is 9. The quantitative estimate of drug-likeness (QED) is 0.529. The Morgan fingerprint density at radius 3 is 2.41 bits per heavy atom. The van der Waals surface area contributed by atoms with Gasteiger partial charge in [0.2, 0.25) is 0 Å². The molecule has 27 heavy (non-hydrogen) atoms. The van der Waals surface area contributed by atoms with Crippen molar-refractivity contribution in [3.63, 3.8) is 0 Å². The first-order valence-corrected chi connectivity index (χ1v) is 11.0. The highest BCUT2D eigenvalue weighted by Gasteiger charge is 2.65. The van der Waals surface area contributed by atoms with Gasteiger partial charge in [0.25, 0.3) is 0 Å². The topological polar surface area (TPSA) is 129 Å². The summed E-state index contributed by atoms with van der Waals surface area (Å²) in [5.41, 5.74) is 0.871. The molecule has 0 bridgehead atoms. The predicted molar refractivity (Wildman–Crippen MR) is 92.6 cm³/mol. The standard InChI is InChI=1S/C16H22O9PS/c1-9-4-6-10(7-5-9)27(20,21)25-15-14-13(22-16(2,3)23-14)12(11(18)8-17)24-26(15)19/h4-7,11-15,17-18H,8H2,1-3H3/q+1/t11-,12-,13+,14+,15-/m1/s1. The normalized spacial score (nSPS) is 32.9. The minimum Gasteiger partial charge on any atom is -0.394 e. The Hall–Kier alpha value is -0.970. The lowest BCUT2D eigenvalue weighted by Gasteiger charge is -2.30. The van der Waals surface area contributed by atoms with E-state index in [9.17, 15) is 23.2 Å². The Labute approximate surface area is 158 Å². The van der Waals surface area contributed by atoms with Gasteiger partial charge < -0.3 is 19.7 Å². The van der Waals surface area contributed by atoms with Crippen molar-refractivity contribution in [2.24, 2.45) is 0 Å². The van der Waals surface area contributed by atoms with Gasteiger partial charge in [0.1, 0.15) is 12.2 Å². The van der Waals surface area contributed by atoms with Crippen LogP contribution in [0.1, 0.15) is 19.4 Å². The number of aliphatic hydroxyl groups is 2. The van der Waals surface area contributed by atoms with E-state index in [0.29, 0.717) is 0 Å². The van der Waals surface area contributed by atoms with Gasteiger partial charge in [-0.1, -0.05) is 17.7 Å². The second-order valence-electron chi connectivity index (χ2n) is 6.92. The van der Waals surface area contributed by atoms with Crippen LogP contribution in [-0.2, 0) is 32.9 Å². The molecule has 9 nitrogen and oxygen atoms in total. The van der Waals surface area contributed by atoms with Crippen LogP contribution >= 0.6 is 8.03 Å². The number of aliphatic hydroxyl groups excluding tert-OH is 2. The highest BCUT2D eigenvalue weighted by molar-refractivity contribution is 7.87. The number of benzene rings is 1. The fourth-order valence-corrected chi connectivity index (χ4v) is 5.69. The van der Waals surface area contributed by atoms with Crippen LogP contribution in [0.25, 0.3) is 0 Å². The highest BCUT2D eigenvalue weighted by atomic mass is 32.2. The molecule has 11 heteroatoms. The Morgan fingerprint density at radius 2 is 1.81 bits per heavy atom. The summed E-state index contributed by atoms with van der Waals surface area (Å²) in [5.74, 6) is -2.60. The van der Waals surface area contributed by atoms with E-state index in [0.717, 1.165) is 5.56 Å². The fourth-order valence-electron chi connectivity index (χ4n) is 3.02. The van der Waals surface area contributed by atoms with Gasteiger partial charge in [-0.3, -0.25) is 0 Å². The minimum absolute atomic E-state index is 0.0938. The molecule has 150 valence electrons. The van der Waals surface area contributed by atoms with Crippen LogP contribution in [0.2, 0.25) is 0 Å². The van der Waals surface area contributed by atoms with Crippen molar-refractivity contribution < 1.29 is 41.4 Å². The van der Waals surface area contributed by atoms with E-state index >= 15 is 0 Å². The van der Waals surface area contributed by atoms with Crippen molar-refractivity contribution in [3.05, 3.63) is 29.8 Å². The maximum absolute atomic E-state index is 12.6. The van der Waals surface area contributed by atoms with Crippen molar-refractivity contribution >= 4 is 18.1 Å². The zero-order valence-corrected chi connectivity index (χ0v) is 16.7. The summed E-state index contributed by atoms with van der Waals surface area (Å²) in [5, 5.41) is 19.1. The summed E-state index contributed by atoms with van der Waals surface area (Å²) < 4.78 is 59.6. The van der Waals surface area contributed by atoms with Gasteiger partial charge in [-0.25, -0.2) is 4.18 Å². The van der Waals surface area contributed by atoms with E-state index in [1.54, 1.807) is 26.0 Å². The molecule has 0 saturated carbocycles. The third-order valence-corrected chi connectivity index (χ3v) is 7.02. The molecule has 2 aliphatic heterocycles. The number of rotatable bonds is 5. The summed E-state index contributed by atoms with van der Waals surface area (Å²) in [6.07, 6.45) is -4.55. The minimum atomic E-state index is -4.24. The van der Waals surface area contributed by atoms with Crippen LogP contribution in [0.3, 0.4) is 0 Å². The van der Waals surface area contributed by atoms with Crippen LogP contribution in [0, 0.1) is 6.92 Å². The molecule has 1 aromatic rings. The molecule has 0 spiro atoms. The fraction of sp³-hybridized carbons (Fsp3) is 0.625. The van der Waals surface area contributed by atoms with Gasteiger partial charge >= 0.3 is 24.0 Å². The van der Waals surface area contributed by atoms with Crippen molar-refractivity contribution in [1.29, 1.82) is 0 Å². The molecule has 6 atom stereocenters. The predicted octanol–water partition coefficient (Wildman–Crippen LogP) is 1.04. The van der Waals surface area contributed by atoms with Crippen molar-refractivity contribution in [2.75, 3.05) is 6.61 Å². The van der Waals surface area contributed by atoms with E-state index in [1.807, 2.05) is 6.92 Å². The molecular weight excluding hydrogens is 399 g/mol. The molecule has 0 amide bonds. The van der Waals surface area contributed by atoms with Crippen LogP contribution in [0.15, 0.2) is 29.2 Å². The van der Waals surface area contributed by atoms with Crippen LogP contribution in [0.4, 0.5) is 0 Å². The molecule has 0 aliphatic carbocycles. The Kier molecular flexibility index (Phi) is 5.73. The Morgan fingerprint density at radius 1 is 1.22 bits per heavy atom. The molecule has 0 radical (unpaired) electrons. The van der Waals surface area contributed by atoms with E-state index in [2.05, 4.69) is 0 Å². The number of aryl methyl sites for hydroxylation is 1. The molecular formula is C16H22O9PS+. The van der Waals surface area contributed by atoms with Gasteiger partial charge in [-0.05, 0) is 37.5 Å². The molecule has 1 aromatic carbocycles. The monoisotopic (exact) mass is 421 g/mol. The third-order valence-electron chi connectivity index (χ3n) is 4.30. The van der Waals surface area contributed by atoms with Crippen LogP contribution < -0.4 is 0 Å². The summed E-state index contributed by atoms with van der Waals surface area (Å²) in [4.78, 5) is -0.0938. The van der Waals surface area contributed by atoms with Gasteiger partial charge in [0, 0.05) is 0 Å². The summed E-state index contributed by atoms with van der Waals surface area (Å²) in [7, 11) is -6.93. The zero-order valence-electron chi connectivity index (χ0n) is 15.0. The summed E-state index contributed by atoms with van der Waals surface area (Å²) in [6, 6.07) is 5.99. The molecule has 0 aromatic heterocycles. The summed E-state index contributed by atoms with van der Waals surface area (Å²) >= 11 is 0. The number of fused-ring (bicyclic) bond motifs is 1. The number of ether oxygens (including phenoxy) is 2. The third kappa shape index (κ3) is 4.23. The zero-order chi connectivity index (χ0) is 20.0. The average Bonchev–Trinajstić information content (AvgIpc) is 2.92. The van der Waals surface area contributed by atoms with Crippen molar-refractivity contribution in [3.8, 4) is 0 Å². The van der Waals surface area contributed by atoms with Crippen LogP contribution in [-0.4, -0.2) is 61.3 Å². The first-order valence-electron chi connectivity index (χ1n) is 8.32. The first kappa shape index (κ1) is 20.8. The Balaban J connectivity index is 1.89. The van der Waals surface area contributed by atoms with E-state index in [4.69, 9.17) is 18.2 Å². The number of hydrogen-bond donors (Lipinski definition) is 2. The molecule has 1 unspecified atom stereocenters. The second-order valence-corrected chi connectivity index (χ2v) is 9.79. The lowest BCUT2D eigenvalue weighted by Crippen LogP contribution is -2.53. The highest BCUT2D eigenvalue weighted by Crippen LogP contribution is 2.49. The molecule has 2 fully saturated rings. The lowest BCUT2D eigenvalue weighted by molar-refractivity contribution is -0.159. The van der Waals surface area contributed by atoms with Crippen molar-refractivity contribution in [1.82, 2.24) is 0 Å². The average molecular weight is 421 g/mol. The van der Waals surface area contributed by atoms with Gasteiger partial charge in [0.15, 0.2) is 18.0 Å². The molecule has 2 saturated heterocycles. The lowest BCUT2D eigenvalue weighted by atomic mass is 10.0. The Bertz CT molecular complexity index is 808. The molecule has 2 aliphatic rings. The smallest absolute Gasteiger partial charge is 0.394 e. The molecule has 2 N–H and O–H groups in total. The molecule has 3 rings (SSSR count). The van der Waals surface area contributed by atoms with E-state index in [-0.39, 0.29) is 4.90 Å². The summed E-state index contributed by atoms with van der Waals surface area (Å²) in [6.45, 7) is 4.35. The maximum atomic E-state index is 12.6. The van der Waals surface area contributed by atoms with Gasteiger partial charge in [0.05, 0.1) is 11.5 Å². The van der Waals surface area contributed by atoms with E-state index < -0.39 is 60.8 Å². The second kappa shape index (κ2) is 7.46. The SMILES string of the molecule is Cc1ccc(S(=O)(=O)O[C@H]2[C@H]3OC(C)(C)O[C@H]3[C@@H]([C@H](O)CO)O[P+]2=O)cc1. The van der Waals surface area contributed by atoms with Gasteiger partial charge in [-0.2, -0.15) is 8.42 Å². The largest absolute Gasteiger partial charge is 0.545 e. The molecule has 2 heterocycles. The van der Waals surface area contributed by atoms with Gasteiger partial charge in [-0.15, -0.1) is 4.52 Å². The van der Waals surface area contributed by atoms with E-state index in [1.165, 1.54) is 12.1 Å². The first-order chi connectivity index (χ1) is 12.5. The maximum Gasteiger partial charge on any atom is 0.545 e. The van der Waals surface area contributed by atoms with Crippen molar-refractivity contribution in [2.45, 2.75) is 61.7 Å².